The first-order chi connectivity index (χ1) is 25.7. The standard InChI is InChI=1S/C41H41FN4O7/c1-24(25-7-9-26(10-8-25)30-19-20-43-33-16-11-27(42)23-32(30)33)38(48)44-28-12-14-29(15-13-28)52-21-2-3-22-53-35-6-4-5-31-37(35)41(51)46(40(31)50)34-17-18-36(47)45-39(34)49/h4-6,11-16,19-20,23-26,34H,2-3,7-10,17-18,21-22H2,1H3,(H,44,48)(H,45,47,49)/t24-,25?,26?,34?/m1/s1. The first-order valence-corrected chi connectivity index (χ1v) is 18.2. The summed E-state index contributed by atoms with van der Waals surface area (Å²) in [6.45, 7) is 2.69. The van der Waals surface area contributed by atoms with Crippen molar-refractivity contribution in [2.45, 2.75) is 70.3 Å². The van der Waals surface area contributed by atoms with Gasteiger partial charge in [0.05, 0.1) is 29.9 Å². The number of pyridine rings is 1. The van der Waals surface area contributed by atoms with Crippen LogP contribution in [0.1, 0.15) is 90.5 Å². The summed E-state index contributed by atoms with van der Waals surface area (Å²) in [5.74, 6) is -1.18. The van der Waals surface area contributed by atoms with Gasteiger partial charge in [-0.05, 0) is 123 Å². The Morgan fingerprint density at radius 3 is 2.43 bits per heavy atom. The van der Waals surface area contributed by atoms with Gasteiger partial charge in [-0.15, -0.1) is 0 Å². The summed E-state index contributed by atoms with van der Waals surface area (Å²) in [4.78, 5) is 68.7. The third-order valence-electron chi connectivity index (χ3n) is 10.7. The van der Waals surface area contributed by atoms with Gasteiger partial charge in [0, 0.05) is 29.6 Å². The number of amides is 5. The predicted octanol–water partition coefficient (Wildman–Crippen LogP) is 6.56. The molecular formula is C41H41FN4O7. The summed E-state index contributed by atoms with van der Waals surface area (Å²) in [5.41, 5.74) is 2.93. The zero-order valence-corrected chi connectivity index (χ0v) is 29.4. The lowest BCUT2D eigenvalue weighted by atomic mass is 9.73. The molecule has 53 heavy (non-hydrogen) atoms. The highest BCUT2D eigenvalue weighted by atomic mass is 19.1. The van der Waals surface area contributed by atoms with Gasteiger partial charge >= 0.3 is 0 Å². The zero-order chi connectivity index (χ0) is 37.1. The maximum Gasteiger partial charge on any atom is 0.266 e. The SMILES string of the molecule is C[C@@H](C(=O)Nc1ccc(OCCCCOc2cccc3c2C(=O)N(C2CCC(=O)NC2=O)C3=O)cc1)C1CCC(c2ccnc3ccc(F)cc23)CC1. The number of rotatable bonds is 12. The number of carbonyl (C=O) groups excluding carboxylic acids is 5. The number of hydrogen-bond donors (Lipinski definition) is 2. The fourth-order valence-corrected chi connectivity index (χ4v) is 7.71. The molecule has 2 N–H and O–H groups in total. The van der Waals surface area contributed by atoms with Gasteiger partial charge in [0.15, 0.2) is 0 Å². The van der Waals surface area contributed by atoms with Crippen molar-refractivity contribution in [3.05, 3.63) is 95.4 Å². The molecule has 4 aromatic rings. The Morgan fingerprint density at radius 1 is 0.925 bits per heavy atom. The smallest absolute Gasteiger partial charge is 0.266 e. The Morgan fingerprint density at radius 2 is 1.68 bits per heavy atom. The number of anilines is 1. The highest BCUT2D eigenvalue weighted by Gasteiger charge is 2.46. The maximum atomic E-state index is 14.0. The van der Waals surface area contributed by atoms with Crippen LogP contribution < -0.4 is 20.1 Å². The number of ether oxygens (including phenoxy) is 2. The molecule has 12 heteroatoms. The fraction of sp³-hybridized carbons (Fsp3) is 0.366. The fourth-order valence-electron chi connectivity index (χ4n) is 7.71. The van der Waals surface area contributed by atoms with Crippen LogP contribution in [0.25, 0.3) is 10.9 Å². The summed E-state index contributed by atoms with van der Waals surface area (Å²) in [6, 6.07) is 17.7. The van der Waals surface area contributed by atoms with Crippen LogP contribution in [0, 0.1) is 17.7 Å². The van der Waals surface area contributed by atoms with Crippen molar-refractivity contribution in [1.82, 2.24) is 15.2 Å². The molecule has 0 spiro atoms. The molecule has 274 valence electrons. The van der Waals surface area contributed by atoms with E-state index in [1.807, 2.05) is 37.3 Å². The minimum Gasteiger partial charge on any atom is -0.494 e. The van der Waals surface area contributed by atoms with Crippen LogP contribution in [-0.2, 0) is 14.4 Å². The number of fused-ring (bicyclic) bond motifs is 2. The van der Waals surface area contributed by atoms with Crippen molar-refractivity contribution in [2.75, 3.05) is 18.5 Å². The minimum atomic E-state index is -1.04. The van der Waals surface area contributed by atoms with Crippen molar-refractivity contribution in [3.8, 4) is 11.5 Å². The number of aromatic nitrogens is 1. The zero-order valence-electron chi connectivity index (χ0n) is 29.4. The molecule has 7 rings (SSSR count). The summed E-state index contributed by atoms with van der Waals surface area (Å²) in [6.07, 6.45) is 6.94. The number of imide groups is 2. The number of benzene rings is 3. The molecule has 5 amide bonds. The number of hydrogen-bond acceptors (Lipinski definition) is 8. The monoisotopic (exact) mass is 720 g/mol. The third kappa shape index (κ3) is 7.62. The van der Waals surface area contributed by atoms with Crippen LogP contribution in [0.2, 0.25) is 0 Å². The Kier molecular flexibility index (Phi) is 10.5. The quantitative estimate of drug-likeness (QED) is 0.124. The first kappa shape index (κ1) is 35.7. The highest BCUT2D eigenvalue weighted by Crippen LogP contribution is 2.41. The van der Waals surface area contributed by atoms with Gasteiger partial charge in [0.1, 0.15) is 23.4 Å². The van der Waals surface area contributed by atoms with Crippen molar-refractivity contribution < 1.29 is 37.8 Å². The normalized spacial score (nSPS) is 20.6. The van der Waals surface area contributed by atoms with E-state index in [1.54, 1.807) is 30.5 Å². The van der Waals surface area contributed by atoms with Crippen LogP contribution in [0.4, 0.5) is 10.1 Å². The second-order valence-corrected chi connectivity index (χ2v) is 14.0. The van der Waals surface area contributed by atoms with Gasteiger partial charge in [-0.3, -0.25) is 39.2 Å². The molecule has 1 unspecified atom stereocenters. The number of piperidine rings is 1. The van der Waals surface area contributed by atoms with E-state index < -0.39 is 29.7 Å². The van der Waals surface area contributed by atoms with E-state index in [0.29, 0.717) is 36.8 Å². The lowest BCUT2D eigenvalue weighted by Crippen LogP contribution is -2.54. The highest BCUT2D eigenvalue weighted by molar-refractivity contribution is 6.24. The van der Waals surface area contributed by atoms with E-state index in [1.165, 1.54) is 12.1 Å². The molecule has 1 aliphatic carbocycles. The second kappa shape index (κ2) is 15.5. The van der Waals surface area contributed by atoms with Crippen LogP contribution in [0.15, 0.2) is 72.9 Å². The van der Waals surface area contributed by atoms with Crippen LogP contribution in [0.3, 0.4) is 0 Å². The number of carbonyl (C=O) groups is 5. The van der Waals surface area contributed by atoms with E-state index >= 15 is 0 Å². The Balaban J connectivity index is 0.830. The summed E-state index contributed by atoms with van der Waals surface area (Å²) in [7, 11) is 0. The van der Waals surface area contributed by atoms with E-state index in [2.05, 4.69) is 15.6 Å². The second-order valence-electron chi connectivity index (χ2n) is 14.0. The molecule has 11 nitrogen and oxygen atoms in total. The summed E-state index contributed by atoms with van der Waals surface area (Å²) in [5, 5.41) is 6.11. The Bertz CT molecular complexity index is 2060. The van der Waals surface area contributed by atoms with Crippen LogP contribution in [0.5, 0.6) is 11.5 Å². The molecule has 2 aliphatic heterocycles. The molecular weight excluding hydrogens is 679 g/mol. The number of unbranched alkanes of at least 4 members (excludes halogenated alkanes) is 1. The largest absolute Gasteiger partial charge is 0.494 e. The van der Waals surface area contributed by atoms with Crippen molar-refractivity contribution in [2.24, 2.45) is 11.8 Å². The average Bonchev–Trinajstić information content (AvgIpc) is 3.42. The first-order valence-electron chi connectivity index (χ1n) is 18.2. The molecule has 2 atom stereocenters. The van der Waals surface area contributed by atoms with Crippen molar-refractivity contribution in [1.29, 1.82) is 0 Å². The van der Waals surface area contributed by atoms with Gasteiger partial charge in [0.25, 0.3) is 11.8 Å². The third-order valence-corrected chi connectivity index (χ3v) is 10.7. The molecule has 1 aromatic heterocycles. The Labute approximate surface area is 306 Å². The van der Waals surface area contributed by atoms with Crippen LogP contribution in [-0.4, -0.2) is 58.7 Å². The lowest BCUT2D eigenvalue weighted by Gasteiger charge is -2.32. The summed E-state index contributed by atoms with van der Waals surface area (Å²) >= 11 is 0. The maximum absolute atomic E-state index is 14.0. The van der Waals surface area contributed by atoms with Gasteiger partial charge in [-0.1, -0.05) is 13.0 Å². The van der Waals surface area contributed by atoms with Crippen LogP contribution >= 0.6 is 0 Å². The van der Waals surface area contributed by atoms with E-state index in [9.17, 15) is 28.4 Å². The van der Waals surface area contributed by atoms with Gasteiger partial charge in [0.2, 0.25) is 17.7 Å². The Hall–Kier alpha value is -5.65. The van der Waals surface area contributed by atoms with Crippen molar-refractivity contribution >= 4 is 46.1 Å². The molecule has 2 fully saturated rings. The topological polar surface area (TPSA) is 144 Å². The minimum absolute atomic E-state index is 0.0163. The molecule has 3 heterocycles. The molecule has 1 saturated carbocycles. The van der Waals surface area contributed by atoms with Gasteiger partial charge in [-0.2, -0.15) is 0 Å². The number of halogens is 1. The predicted molar refractivity (Wildman–Crippen MR) is 194 cm³/mol. The molecule has 3 aromatic carbocycles. The van der Waals surface area contributed by atoms with Gasteiger partial charge < -0.3 is 14.8 Å². The molecule has 0 bridgehead atoms. The van der Waals surface area contributed by atoms with E-state index in [0.717, 1.165) is 47.0 Å². The van der Waals surface area contributed by atoms with Gasteiger partial charge in [-0.25, -0.2) is 4.39 Å². The van der Waals surface area contributed by atoms with E-state index in [4.69, 9.17) is 9.47 Å². The molecule has 1 saturated heterocycles. The average molecular weight is 721 g/mol. The molecule has 3 aliphatic rings. The number of nitrogens with zero attached hydrogens (tertiary/aromatic N) is 2. The number of nitrogens with one attached hydrogen (secondary N) is 2. The molecule has 0 radical (unpaired) electrons. The summed E-state index contributed by atoms with van der Waals surface area (Å²) < 4.78 is 25.8. The van der Waals surface area contributed by atoms with E-state index in [-0.39, 0.29) is 59.9 Å². The van der Waals surface area contributed by atoms with Crippen molar-refractivity contribution in [3.63, 3.8) is 0 Å². The lowest BCUT2D eigenvalue weighted by molar-refractivity contribution is -0.136.